The number of amides is 2. The van der Waals surface area contributed by atoms with Crippen molar-refractivity contribution < 1.29 is 19.2 Å². The number of hydrogen-bond acceptors (Lipinski definition) is 6. The third kappa shape index (κ3) is 4.65. The molecule has 9 heteroatoms. The average Bonchev–Trinajstić information content (AvgIpc) is 3.01. The molecule has 2 heterocycles. The second-order valence-electron chi connectivity index (χ2n) is 5.31. The predicted octanol–water partition coefficient (Wildman–Crippen LogP) is 1.55. The Morgan fingerprint density at radius 3 is 2.78 bits per heavy atom. The molecule has 0 aromatic carbocycles. The van der Waals surface area contributed by atoms with Crippen LogP contribution in [0.25, 0.3) is 0 Å². The first-order chi connectivity index (χ1) is 11.0. The zero-order chi connectivity index (χ0) is 16.8. The fraction of sp³-hybridized carbons (Fsp3) is 0.571. The molecular formula is C14H19N3O5S. The molecule has 1 fully saturated rings. The second kappa shape index (κ2) is 7.91. The summed E-state index contributed by atoms with van der Waals surface area (Å²) in [4.78, 5) is 36.0. The Kier molecular flexibility index (Phi) is 5.91. The van der Waals surface area contributed by atoms with Gasteiger partial charge in [0.2, 0.25) is 11.7 Å². The van der Waals surface area contributed by atoms with E-state index in [1.54, 1.807) is 11.8 Å². The molecule has 126 valence electrons. The van der Waals surface area contributed by atoms with Crippen molar-refractivity contribution in [1.82, 2.24) is 10.2 Å². The van der Waals surface area contributed by atoms with Crippen LogP contribution in [0.3, 0.4) is 0 Å². The van der Waals surface area contributed by atoms with Crippen molar-refractivity contribution in [3.8, 4) is 5.75 Å². The molecule has 0 radical (unpaired) electrons. The number of likely N-dealkylation sites (tertiary alicyclic amines) is 1. The molecule has 1 aromatic rings. The minimum absolute atomic E-state index is 0.0603. The van der Waals surface area contributed by atoms with Gasteiger partial charge in [0.1, 0.15) is 6.04 Å². The van der Waals surface area contributed by atoms with Gasteiger partial charge in [0.15, 0.2) is 6.61 Å². The first-order valence-corrected chi connectivity index (χ1v) is 8.30. The number of carbonyl (C=O) groups is 2. The van der Waals surface area contributed by atoms with Crippen LogP contribution in [0, 0.1) is 10.1 Å². The highest BCUT2D eigenvalue weighted by atomic mass is 32.1. The summed E-state index contributed by atoms with van der Waals surface area (Å²) in [5.41, 5.74) is 0. The Hall–Kier alpha value is -2.16. The van der Waals surface area contributed by atoms with E-state index < -0.39 is 16.9 Å². The topological polar surface area (TPSA) is 102 Å². The van der Waals surface area contributed by atoms with Crippen LogP contribution in [0.2, 0.25) is 0 Å². The Bertz CT molecular complexity index is 583. The number of rotatable bonds is 6. The van der Waals surface area contributed by atoms with Crippen molar-refractivity contribution in [2.24, 2.45) is 0 Å². The Balaban J connectivity index is 1.80. The molecule has 1 aromatic heterocycles. The lowest BCUT2D eigenvalue weighted by Gasteiger charge is -2.29. The third-order valence-electron chi connectivity index (χ3n) is 3.55. The second-order valence-corrected chi connectivity index (χ2v) is 6.21. The number of thiophene rings is 1. The van der Waals surface area contributed by atoms with Gasteiger partial charge in [-0.1, -0.05) is 11.3 Å². The Labute approximate surface area is 137 Å². The molecule has 0 unspecified atom stereocenters. The lowest BCUT2D eigenvalue weighted by Crippen LogP contribution is -2.49. The summed E-state index contributed by atoms with van der Waals surface area (Å²) in [7, 11) is 0. The summed E-state index contributed by atoms with van der Waals surface area (Å²) in [5.74, 6) is -0.534. The molecule has 2 amide bonds. The molecule has 1 saturated heterocycles. The highest BCUT2D eigenvalue weighted by molar-refractivity contribution is 7.13. The Morgan fingerprint density at radius 1 is 1.43 bits per heavy atom. The van der Waals surface area contributed by atoms with Crippen LogP contribution in [0.1, 0.15) is 26.2 Å². The highest BCUT2D eigenvalue weighted by Crippen LogP contribution is 2.32. The van der Waals surface area contributed by atoms with Gasteiger partial charge in [-0.25, -0.2) is 0 Å². The quantitative estimate of drug-likeness (QED) is 0.625. The molecule has 23 heavy (non-hydrogen) atoms. The van der Waals surface area contributed by atoms with Crippen molar-refractivity contribution >= 4 is 28.2 Å². The Morgan fingerprint density at radius 2 is 2.13 bits per heavy atom. The average molecular weight is 341 g/mol. The summed E-state index contributed by atoms with van der Waals surface area (Å²) < 4.78 is 5.16. The van der Waals surface area contributed by atoms with Gasteiger partial charge in [-0.05, 0) is 32.3 Å². The van der Waals surface area contributed by atoms with Crippen LogP contribution in [-0.2, 0) is 9.59 Å². The normalized spacial score (nSPS) is 15.8. The standard InChI is InChI=1S/C14H19N3O5S/c1-10(13(19)16-6-3-2-4-7-16)15-12(18)9-22-11-5-8-23-14(11)17(20)21/h5,8,10H,2-4,6-7,9H2,1H3,(H,15,18)/t10-/m1/s1. The maximum absolute atomic E-state index is 12.2. The number of piperidine rings is 1. The van der Waals surface area contributed by atoms with Crippen LogP contribution >= 0.6 is 11.3 Å². The van der Waals surface area contributed by atoms with E-state index >= 15 is 0 Å². The number of nitro groups is 1. The van der Waals surface area contributed by atoms with E-state index in [4.69, 9.17) is 4.74 Å². The van der Waals surface area contributed by atoms with Gasteiger partial charge in [0.25, 0.3) is 5.91 Å². The monoisotopic (exact) mass is 341 g/mol. The van der Waals surface area contributed by atoms with E-state index in [1.807, 2.05) is 0 Å². The fourth-order valence-corrected chi connectivity index (χ4v) is 3.06. The van der Waals surface area contributed by atoms with Gasteiger partial charge in [-0.15, -0.1) is 0 Å². The van der Waals surface area contributed by atoms with Crippen LogP contribution in [0.15, 0.2) is 11.4 Å². The van der Waals surface area contributed by atoms with Crippen LogP contribution in [0.5, 0.6) is 5.75 Å². The molecule has 1 atom stereocenters. The van der Waals surface area contributed by atoms with Crippen molar-refractivity contribution in [2.45, 2.75) is 32.2 Å². The molecule has 1 aliphatic heterocycles. The number of nitrogens with one attached hydrogen (secondary N) is 1. The van der Waals surface area contributed by atoms with Crippen LogP contribution in [0.4, 0.5) is 5.00 Å². The van der Waals surface area contributed by atoms with Crippen LogP contribution < -0.4 is 10.1 Å². The lowest BCUT2D eigenvalue weighted by atomic mass is 10.1. The molecule has 0 bridgehead atoms. The van der Waals surface area contributed by atoms with E-state index in [0.29, 0.717) is 0 Å². The highest BCUT2D eigenvalue weighted by Gasteiger charge is 2.24. The van der Waals surface area contributed by atoms with Gasteiger partial charge in [-0.2, -0.15) is 0 Å². The summed E-state index contributed by atoms with van der Waals surface area (Å²) in [5, 5.41) is 14.7. The molecule has 0 aliphatic carbocycles. The minimum Gasteiger partial charge on any atom is -0.476 e. The van der Waals surface area contributed by atoms with E-state index in [0.717, 1.165) is 43.7 Å². The molecular weight excluding hydrogens is 322 g/mol. The van der Waals surface area contributed by atoms with Crippen molar-refractivity contribution in [1.29, 1.82) is 0 Å². The lowest BCUT2D eigenvalue weighted by molar-refractivity contribution is -0.381. The SMILES string of the molecule is C[C@@H](NC(=O)COc1ccsc1[N+](=O)[O-])C(=O)N1CCCCC1. The van der Waals surface area contributed by atoms with Gasteiger partial charge < -0.3 is 15.0 Å². The number of nitrogens with zero attached hydrogens (tertiary/aromatic N) is 2. The van der Waals surface area contributed by atoms with Crippen molar-refractivity contribution in [2.75, 3.05) is 19.7 Å². The zero-order valence-corrected chi connectivity index (χ0v) is 13.6. The molecule has 0 saturated carbocycles. The largest absolute Gasteiger partial charge is 0.476 e. The maximum Gasteiger partial charge on any atom is 0.365 e. The maximum atomic E-state index is 12.2. The molecule has 1 aliphatic rings. The number of carbonyl (C=O) groups excluding carboxylic acids is 2. The summed E-state index contributed by atoms with van der Waals surface area (Å²) >= 11 is 0.930. The molecule has 0 spiro atoms. The summed E-state index contributed by atoms with van der Waals surface area (Å²) in [6.07, 6.45) is 3.09. The van der Waals surface area contributed by atoms with Gasteiger partial charge in [-0.3, -0.25) is 19.7 Å². The summed E-state index contributed by atoms with van der Waals surface area (Å²) in [6.45, 7) is 2.70. The molecule has 2 rings (SSSR count). The fourth-order valence-electron chi connectivity index (χ4n) is 2.41. The minimum atomic E-state index is -0.637. The molecule has 8 nitrogen and oxygen atoms in total. The van der Waals surface area contributed by atoms with Gasteiger partial charge in [0.05, 0.1) is 4.92 Å². The first-order valence-electron chi connectivity index (χ1n) is 7.42. The van der Waals surface area contributed by atoms with E-state index in [-0.39, 0.29) is 23.3 Å². The van der Waals surface area contributed by atoms with E-state index in [9.17, 15) is 19.7 Å². The van der Waals surface area contributed by atoms with Crippen LogP contribution in [-0.4, -0.2) is 47.4 Å². The summed E-state index contributed by atoms with van der Waals surface area (Å²) in [6, 6.07) is 0.805. The van der Waals surface area contributed by atoms with Gasteiger partial charge >= 0.3 is 5.00 Å². The first kappa shape index (κ1) is 17.2. The number of hydrogen-bond donors (Lipinski definition) is 1. The van der Waals surface area contributed by atoms with E-state index in [2.05, 4.69) is 5.32 Å². The van der Waals surface area contributed by atoms with Gasteiger partial charge in [0, 0.05) is 18.5 Å². The number of ether oxygens (including phenoxy) is 1. The molecule has 1 N–H and O–H groups in total. The predicted molar refractivity (Wildman–Crippen MR) is 84.5 cm³/mol. The van der Waals surface area contributed by atoms with Crippen molar-refractivity contribution in [3.05, 3.63) is 21.6 Å². The smallest absolute Gasteiger partial charge is 0.365 e. The zero-order valence-electron chi connectivity index (χ0n) is 12.8. The third-order valence-corrected chi connectivity index (χ3v) is 4.40. The van der Waals surface area contributed by atoms with E-state index in [1.165, 1.54) is 11.4 Å². The van der Waals surface area contributed by atoms with Crippen molar-refractivity contribution in [3.63, 3.8) is 0 Å².